The van der Waals surface area contributed by atoms with Gasteiger partial charge in [0.15, 0.2) is 11.6 Å². The lowest BCUT2D eigenvalue weighted by molar-refractivity contribution is 0.0891. The minimum atomic E-state index is -0.582. The molecule has 0 bridgehead atoms. The highest BCUT2D eigenvalue weighted by Crippen LogP contribution is 2.24. The maximum atomic E-state index is 12.9. The second-order valence-electron chi connectivity index (χ2n) is 5.53. The van der Waals surface area contributed by atoms with E-state index in [1.54, 1.807) is 42.6 Å². The predicted octanol–water partition coefficient (Wildman–Crippen LogP) is 4.32. The van der Waals surface area contributed by atoms with Crippen LogP contribution in [0.5, 0.6) is 0 Å². The molecule has 3 heteroatoms. The number of rotatable bonds is 6. The van der Waals surface area contributed by atoms with Gasteiger partial charge in [0.1, 0.15) is 0 Å². The summed E-state index contributed by atoms with van der Waals surface area (Å²) in [6.07, 6.45) is 1.75. The van der Waals surface area contributed by atoms with Gasteiger partial charge < -0.3 is 0 Å². The minimum absolute atomic E-state index is 0.0597. The van der Waals surface area contributed by atoms with Gasteiger partial charge in [-0.2, -0.15) is 0 Å². The first-order chi connectivity index (χ1) is 11.8. The van der Waals surface area contributed by atoms with Gasteiger partial charge in [0, 0.05) is 23.7 Å². The first-order valence-electron chi connectivity index (χ1n) is 7.84. The zero-order valence-corrected chi connectivity index (χ0v) is 13.1. The third-order valence-electron chi connectivity index (χ3n) is 3.90. The van der Waals surface area contributed by atoms with Crippen molar-refractivity contribution in [3.8, 4) is 0 Å². The van der Waals surface area contributed by atoms with Crippen molar-refractivity contribution in [1.82, 2.24) is 4.98 Å². The van der Waals surface area contributed by atoms with E-state index in [1.165, 1.54) is 0 Å². The summed E-state index contributed by atoms with van der Waals surface area (Å²) < 4.78 is 0. The summed E-state index contributed by atoms with van der Waals surface area (Å²) >= 11 is 0. The maximum Gasteiger partial charge on any atom is 0.172 e. The third-order valence-corrected chi connectivity index (χ3v) is 3.90. The fourth-order valence-corrected chi connectivity index (χ4v) is 2.64. The Morgan fingerprint density at radius 1 is 0.750 bits per heavy atom. The smallest absolute Gasteiger partial charge is 0.172 e. The number of hydrogen-bond acceptors (Lipinski definition) is 3. The van der Waals surface area contributed by atoms with E-state index in [0.717, 1.165) is 0 Å². The summed E-state index contributed by atoms with van der Waals surface area (Å²) in [5, 5.41) is 0. The Morgan fingerprint density at radius 3 is 1.92 bits per heavy atom. The summed E-state index contributed by atoms with van der Waals surface area (Å²) in [5.41, 5.74) is 1.82. The molecule has 3 nitrogen and oxygen atoms in total. The molecule has 1 atom stereocenters. The molecule has 1 aromatic heterocycles. The summed E-state index contributed by atoms with van der Waals surface area (Å²) in [5.74, 6) is -0.726. The van der Waals surface area contributed by atoms with Crippen LogP contribution >= 0.6 is 0 Å². The molecule has 24 heavy (non-hydrogen) atoms. The highest BCUT2D eigenvalue weighted by Gasteiger charge is 2.26. The first kappa shape index (κ1) is 15.8. The molecule has 0 radical (unpaired) electrons. The van der Waals surface area contributed by atoms with E-state index in [9.17, 15) is 9.59 Å². The zero-order valence-electron chi connectivity index (χ0n) is 13.1. The van der Waals surface area contributed by atoms with E-state index in [4.69, 9.17) is 0 Å². The summed E-state index contributed by atoms with van der Waals surface area (Å²) in [6, 6.07) is 23.5. The highest BCUT2D eigenvalue weighted by atomic mass is 16.1. The van der Waals surface area contributed by atoms with Crippen molar-refractivity contribution in [2.75, 3.05) is 0 Å². The lowest BCUT2D eigenvalue weighted by Gasteiger charge is -2.15. The van der Waals surface area contributed by atoms with Crippen LogP contribution in [-0.2, 0) is 0 Å². The van der Waals surface area contributed by atoms with Crippen LogP contribution in [0.25, 0.3) is 0 Å². The zero-order chi connectivity index (χ0) is 16.8. The molecule has 0 aliphatic heterocycles. The van der Waals surface area contributed by atoms with Crippen molar-refractivity contribution in [2.24, 2.45) is 0 Å². The van der Waals surface area contributed by atoms with Gasteiger partial charge in [-0.25, -0.2) is 0 Å². The number of nitrogens with zero attached hydrogens (tertiary/aromatic N) is 1. The SMILES string of the molecule is O=C(CC(C(=O)c1ccccc1)c1ccccn1)c1ccccc1. The van der Waals surface area contributed by atoms with Crippen LogP contribution in [0.3, 0.4) is 0 Å². The standard InChI is InChI=1S/C21H17NO2/c23-20(16-9-3-1-4-10-16)15-18(19-13-7-8-14-22-19)21(24)17-11-5-2-6-12-17/h1-14,18H,15H2. The molecule has 0 aliphatic rings. The van der Waals surface area contributed by atoms with E-state index in [0.29, 0.717) is 16.8 Å². The number of ketones is 2. The van der Waals surface area contributed by atoms with Gasteiger partial charge in [-0.1, -0.05) is 66.7 Å². The molecule has 2 aromatic carbocycles. The van der Waals surface area contributed by atoms with Crippen molar-refractivity contribution < 1.29 is 9.59 Å². The van der Waals surface area contributed by atoms with Crippen molar-refractivity contribution in [1.29, 1.82) is 0 Å². The van der Waals surface area contributed by atoms with Gasteiger partial charge in [-0.3, -0.25) is 14.6 Å². The number of hydrogen-bond donors (Lipinski definition) is 0. The van der Waals surface area contributed by atoms with Crippen LogP contribution in [0.2, 0.25) is 0 Å². The molecule has 0 amide bonds. The molecule has 0 saturated carbocycles. The predicted molar refractivity (Wildman–Crippen MR) is 93.1 cm³/mol. The largest absolute Gasteiger partial charge is 0.294 e. The number of carbonyl (C=O) groups excluding carboxylic acids is 2. The molecular weight excluding hydrogens is 298 g/mol. The molecule has 0 spiro atoms. The number of pyridine rings is 1. The van der Waals surface area contributed by atoms with Gasteiger partial charge in [-0.05, 0) is 12.1 Å². The minimum Gasteiger partial charge on any atom is -0.294 e. The Bertz CT molecular complexity index is 814. The Labute approximate surface area is 141 Å². The normalized spacial score (nSPS) is 11.7. The van der Waals surface area contributed by atoms with E-state index in [1.807, 2.05) is 42.5 Å². The number of Topliss-reactive ketones (excluding diaryl/α,β-unsaturated/α-hetero) is 2. The van der Waals surface area contributed by atoms with Crippen LogP contribution in [0.1, 0.15) is 38.7 Å². The van der Waals surface area contributed by atoms with Crippen LogP contribution in [0.4, 0.5) is 0 Å². The van der Waals surface area contributed by atoms with Crippen LogP contribution in [-0.4, -0.2) is 16.6 Å². The van der Waals surface area contributed by atoms with Crippen LogP contribution in [0.15, 0.2) is 85.1 Å². The number of aromatic nitrogens is 1. The van der Waals surface area contributed by atoms with E-state index >= 15 is 0 Å². The molecular formula is C21H17NO2. The maximum absolute atomic E-state index is 12.9. The highest BCUT2D eigenvalue weighted by molar-refractivity contribution is 6.05. The monoisotopic (exact) mass is 315 g/mol. The van der Waals surface area contributed by atoms with E-state index in [2.05, 4.69) is 4.98 Å². The van der Waals surface area contributed by atoms with Gasteiger partial charge in [0.05, 0.1) is 11.6 Å². The molecule has 3 aromatic rings. The number of carbonyl (C=O) groups is 2. The number of benzene rings is 2. The summed E-state index contributed by atoms with van der Waals surface area (Å²) in [7, 11) is 0. The fraction of sp³-hybridized carbons (Fsp3) is 0.0952. The Hall–Kier alpha value is -3.07. The van der Waals surface area contributed by atoms with Gasteiger partial charge in [0.25, 0.3) is 0 Å². The Balaban J connectivity index is 1.91. The second-order valence-corrected chi connectivity index (χ2v) is 5.53. The third kappa shape index (κ3) is 3.63. The van der Waals surface area contributed by atoms with Crippen molar-refractivity contribution in [3.63, 3.8) is 0 Å². The molecule has 0 saturated heterocycles. The van der Waals surface area contributed by atoms with Gasteiger partial charge in [-0.15, -0.1) is 0 Å². The molecule has 1 unspecified atom stereocenters. The average molecular weight is 315 g/mol. The average Bonchev–Trinajstić information content (AvgIpc) is 2.67. The van der Waals surface area contributed by atoms with Crippen molar-refractivity contribution >= 4 is 11.6 Å². The Morgan fingerprint density at radius 2 is 1.33 bits per heavy atom. The van der Waals surface area contributed by atoms with E-state index in [-0.39, 0.29) is 18.0 Å². The second kappa shape index (κ2) is 7.47. The lowest BCUT2D eigenvalue weighted by atomic mass is 9.88. The van der Waals surface area contributed by atoms with E-state index < -0.39 is 5.92 Å². The topological polar surface area (TPSA) is 47.0 Å². The van der Waals surface area contributed by atoms with Gasteiger partial charge >= 0.3 is 0 Å². The Kier molecular flexibility index (Phi) is 4.92. The lowest BCUT2D eigenvalue weighted by Crippen LogP contribution is -2.18. The quantitative estimate of drug-likeness (QED) is 0.636. The summed E-state index contributed by atoms with van der Waals surface area (Å²) in [6.45, 7) is 0. The van der Waals surface area contributed by atoms with Crippen molar-refractivity contribution in [2.45, 2.75) is 12.3 Å². The summed E-state index contributed by atoms with van der Waals surface area (Å²) in [4.78, 5) is 29.8. The molecule has 118 valence electrons. The first-order valence-corrected chi connectivity index (χ1v) is 7.84. The van der Waals surface area contributed by atoms with Crippen LogP contribution in [0, 0.1) is 0 Å². The molecule has 0 fully saturated rings. The molecule has 3 rings (SSSR count). The van der Waals surface area contributed by atoms with Crippen LogP contribution < -0.4 is 0 Å². The molecule has 0 N–H and O–H groups in total. The van der Waals surface area contributed by atoms with Gasteiger partial charge in [0.2, 0.25) is 0 Å². The van der Waals surface area contributed by atoms with Crippen molar-refractivity contribution in [3.05, 3.63) is 102 Å². The molecule has 0 aliphatic carbocycles. The fourth-order valence-electron chi connectivity index (χ4n) is 2.64. The molecule has 1 heterocycles.